The van der Waals surface area contributed by atoms with Gasteiger partial charge in [0.05, 0.1) is 17.2 Å². The van der Waals surface area contributed by atoms with Gasteiger partial charge < -0.3 is 36.2 Å². The molecule has 0 saturated carbocycles. The maximum absolute atomic E-state index is 14.7. The van der Waals surface area contributed by atoms with Gasteiger partial charge in [-0.25, -0.2) is 0 Å². The van der Waals surface area contributed by atoms with Crippen LogP contribution >= 0.6 is 0 Å². The average Bonchev–Trinajstić information content (AvgIpc) is 3.23. The van der Waals surface area contributed by atoms with Gasteiger partial charge >= 0.3 is 6.18 Å². The number of Topliss-reactive ketones (excluding diaryl/α,β-unsaturated/α-hetero) is 1. The van der Waals surface area contributed by atoms with Crippen LogP contribution < -0.4 is 11.1 Å². The summed E-state index contributed by atoms with van der Waals surface area (Å²) < 4.78 is 49.6. The number of carbonyl (C=O) groups excluding carboxylic acids is 2. The molecule has 10 nitrogen and oxygen atoms in total. The van der Waals surface area contributed by atoms with E-state index in [2.05, 4.69) is 5.32 Å². The molecule has 2 fully saturated rings. The number of nitrogens with zero attached hydrogens (tertiary/aromatic N) is 1. The van der Waals surface area contributed by atoms with Gasteiger partial charge in [-0.3, -0.25) is 14.5 Å². The van der Waals surface area contributed by atoms with Gasteiger partial charge in [-0.1, -0.05) is 6.92 Å². The quantitative estimate of drug-likeness (QED) is 0.300. The highest BCUT2D eigenvalue weighted by Gasteiger charge is 2.84. The summed E-state index contributed by atoms with van der Waals surface area (Å²) in [4.78, 5) is 27.6. The molecule has 1 aromatic carbocycles. The predicted octanol–water partition coefficient (Wildman–Crippen LogP) is 1.97. The van der Waals surface area contributed by atoms with Crippen LogP contribution in [0.2, 0.25) is 0 Å². The fourth-order valence-corrected chi connectivity index (χ4v) is 7.79. The number of aromatic hydroxyl groups is 1. The van der Waals surface area contributed by atoms with Crippen molar-refractivity contribution in [3.05, 3.63) is 51.0 Å². The van der Waals surface area contributed by atoms with Crippen LogP contribution in [-0.2, 0) is 22.1 Å². The molecule has 2 saturated heterocycles. The summed E-state index contributed by atoms with van der Waals surface area (Å²) in [5.41, 5.74) is 0.410. The van der Waals surface area contributed by atoms with E-state index in [9.17, 15) is 43.2 Å². The summed E-state index contributed by atoms with van der Waals surface area (Å²) in [7, 11) is 3.14. The number of hydrogen-bond acceptors (Lipinski definition) is 9. The Morgan fingerprint density at radius 2 is 1.93 bits per heavy atom. The van der Waals surface area contributed by atoms with Crippen LogP contribution in [0, 0.1) is 17.8 Å². The summed E-state index contributed by atoms with van der Waals surface area (Å²) in [5.74, 6) is -8.76. The number of aliphatic hydroxyl groups is 3. The number of epoxide rings is 1. The summed E-state index contributed by atoms with van der Waals surface area (Å²) in [6.45, 7) is 2.32. The van der Waals surface area contributed by atoms with Gasteiger partial charge in [-0.2, -0.15) is 13.2 Å². The highest BCUT2D eigenvalue weighted by atomic mass is 19.4. The van der Waals surface area contributed by atoms with Crippen molar-refractivity contribution in [3.8, 4) is 5.75 Å². The number of phenolic OH excluding ortho intramolecular Hbond substituents is 1. The Hall–Kier alpha value is -3.13. The second kappa shape index (κ2) is 8.21. The second-order valence-corrected chi connectivity index (χ2v) is 11.8. The molecule has 7 atom stereocenters. The van der Waals surface area contributed by atoms with E-state index in [0.717, 1.165) is 6.07 Å². The number of ketones is 1. The number of aliphatic hydroxyl groups excluding tert-OH is 2. The van der Waals surface area contributed by atoms with E-state index >= 15 is 0 Å². The number of carbonyl (C=O) groups is 2. The van der Waals surface area contributed by atoms with Crippen LogP contribution in [0.3, 0.4) is 0 Å². The van der Waals surface area contributed by atoms with Crippen LogP contribution in [0.4, 0.5) is 13.2 Å². The number of rotatable bonds is 3. The number of halogens is 3. The van der Waals surface area contributed by atoms with E-state index in [1.54, 1.807) is 14.1 Å². The number of likely N-dealkylation sites (N-methyl/N-ethyl adjacent to an activating group) is 1. The molecule has 3 unspecified atom stereocenters. The van der Waals surface area contributed by atoms with Crippen molar-refractivity contribution in [3.63, 3.8) is 0 Å². The van der Waals surface area contributed by atoms with Crippen LogP contribution in [0.15, 0.2) is 28.7 Å². The van der Waals surface area contributed by atoms with Gasteiger partial charge in [-0.15, -0.1) is 0 Å². The Bertz CT molecular complexity index is 1440. The Balaban J connectivity index is 1.56. The first-order chi connectivity index (χ1) is 18.6. The molecule has 1 aromatic rings. The molecule has 0 aromatic heterocycles. The molecule has 3 aliphatic carbocycles. The molecule has 2 heterocycles. The van der Waals surface area contributed by atoms with Crippen LogP contribution in [-0.4, -0.2) is 75.1 Å². The SMILES string of the molecule is CC1CCNC1c1cc(O)c2c(c1C(F)(F)F)C[C@H]1C[C@H]3[C@H](N(C)C)C(O)=C(C(N)=O)C4(O)O[C@]34C(O)=C1C2=O. The van der Waals surface area contributed by atoms with Gasteiger partial charge in [0, 0.05) is 17.5 Å². The van der Waals surface area contributed by atoms with E-state index in [4.69, 9.17) is 10.5 Å². The summed E-state index contributed by atoms with van der Waals surface area (Å²) in [5, 5.41) is 47.8. The van der Waals surface area contributed by atoms with Crippen molar-refractivity contribution in [1.29, 1.82) is 0 Å². The minimum Gasteiger partial charge on any atom is -0.510 e. The lowest BCUT2D eigenvalue weighted by Gasteiger charge is -2.46. The molecule has 0 bridgehead atoms. The number of hydrogen-bond donors (Lipinski definition) is 6. The molecule has 2 aliphatic heterocycles. The zero-order valence-corrected chi connectivity index (χ0v) is 22.0. The first kappa shape index (κ1) is 27.1. The Morgan fingerprint density at radius 3 is 2.48 bits per heavy atom. The zero-order chi connectivity index (χ0) is 29.3. The molecule has 1 amide bonds. The Morgan fingerprint density at radius 1 is 1.25 bits per heavy atom. The number of fused-ring (bicyclic) bond motifs is 2. The molecule has 6 rings (SSSR count). The third-order valence-electron chi connectivity index (χ3n) is 9.42. The number of phenols is 1. The Labute approximate surface area is 226 Å². The third kappa shape index (κ3) is 3.20. The van der Waals surface area contributed by atoms with E-state index in [0.29, 0.717) is 13.0 Å². The number of nitrogens with one attached hydrogen (secondary N) is 1. The number of alkyl halides is 3. The number of amides is 1. The monoisotopic (exact) mass is 565 g/mol. The first-order valence-electron chi connectivity index (χ1n) is 13.1. The lowest BCUT2D eigenvalue weighted by atomic mass is 9.59. The summed E-state index contributed by atoms with van der Waals surface area (Å²) in [6.07, 6.45) is -4.61. The highest BCUT2D eigenvalue weighted by Crippen LogP contribution is 2.68. The minimum atomic E-state index is -4.84. The first-order valence-corrected chi connectivity index (χ1v) is 13.1. The van der Waals surface area contributed by atoms with Crippen molar-refractivity contribution >= 4 is 11.7 Å². The van der Waals surface area contributed by atoms with Crippen molar-refractivity contribution in [1.82, 2.24) is 10.2 Å². The van der Waals surface area contributed by atoms with Crippen LogP contribution in [0.25, 0.3) is 0 Å². The fraction of sp³-hybridized carbons (Fsp3) is 0.556. The summed E-state index contributed by atoms with van der Waals surface area (Å²) in [6, 6.07) is -0.723. The molecule has 1 spiro atoms. The molecular weight excluding hydrogens is 535 g/mol. The van der Waals surface area contributed by atoms with Crippen molar-refractivity contribution in [2.45, 2.75) is 55.8 Å². The molecule has 0 radical (unpaired) electrons. The molecule has 5 aliphatic rings. The number of benzene rings is 1. The molecule has 40 heavy (non-hydrogen) atoms. The second-order valence-electron chi connectivity index (χ2n) is 11.8. The van der Waals surface area contributed by atoms with Crippen molar-refractivity contribution in [2.24, 2.45) is 23.5 Å². The van der Waals surface area contributed by atoms with E-state index < -0.39 is 87.1 Å². The fourth-order valence-electron chi connectivity index (χ4n) is 7.79. The lowest BCUT2D eigenvalue weighted by molar-refractivity contribution is -0.139. The van der Waals surface area contributed by atoms with Gasteiger partial charge in [0.15, 0.2) is 11.4 Å². The maximum atomic E-state index is 14.7. The van der Waals surface area contributed by atoms with Gasteiger partial charge in [0.1, 0.15) is 22.8 Å². The molecule has 7 N–H and O–H groups in total. The average molecular weight is 566 g/mol. The minimum absolute atomic E-state index is 0.0772. The van der Waals surface area contributed by atoms with Gasteiger partial charge in [0.25, 0.3) is 5.91 Å². The number of nitrogens with two attached hydrogens (primary N) is 1. The molecule has 13 heteroatoms. The number of allylic oxidation sites excluding steroid dienone is 1. The van der Waals surface area contributed by atoms with Crippen molar-refractivity contribution in [2.75, 3.05) is 20.6 Å². The standard InChI is InChI=1S/C27H30F3N3O7/c1-9-4-5-32-19(9)12-8-14(34)16-11(17(12)27(28,29)30)6-10-7-13-20(33(2)3)22(36)18(24(31)38)26(39)25(13,40-26)23(37)15(10)21(16)35/h8-10,13,19-20,32,34,36-37,39H,4-7H2,1-3H3,(H2,31,38)/t9?,10-,13-,19?,20-,25-,26?/m0/s1. The topological polar surface area (TPSA) is 169 Å². The third-order valence-corrected chi connectivity index (χ3v) is 9.42. The van der Waals surface area contributed by atoms with Gasteiger partial charge in [-0.05, 0) is 68.9 Å². The number of primary amides is 1. The largest absolute Gasteiger partial charge is 0.510 e. The molecule has 216 valence electrons. The summed E-state index contributed by atoms with van der Waals surface area (Å²) >= 11 is 0. The van der Waals surface area contributed by atoms with Gasteiger partial charge in [0.2, 0.25) is 5.79 Å². The normalized spacial score (nSPS) is 36.8. The highest BCUT2D eigenvalue weighted by molar-refractivity contribution is 6.14. The predicted molar refractivity (Wildman–Crippen MR) is 132 cm³/mol. The van der Waals surface area contributed by atoms with E-state index in [1.807, 2.05) is 6.92 Å². The smallest absolute Gasteiger partial charge is 0.417 e. The zero-order valence-electron chi connectivity index (χ0n) is 22.0. The van der Waals surface area contributed by atoms with Crippen LogP contribution in [0.1, 0.15) is 52.9 Å². The van der Waals surface area contributed by atoms with E-state index in [-0.39, 0.29) is 35.5 Å². The Kier molecular flexibility index (Phi) is 5.56. The molecular formula is C27H30F3N3O7. The number of ether oxygens (including phenoxy) is 1. The van der Waals surface area contributed by atoms with Crippen LogP contribution in [0.5, 0.6) is 5.75 Å². The maximum Gasteiger partial charge on any atom is 0.417 e. The lowest BCUT2D eigenvalue weighted by Crippen LogP contribution is -2.57. The van der Waals surface area contributed by atoms with E-state index in [1.165, 1.54) is 4.90 Å². The van der Waals surface area contributed by atoms with Crippen molar-refractivity contribution < 1.29 is 47.9 Å².